The molecule has 4 aromatic carbocycles. The van der Waals surface area contributed by atoms with Crippen LogP contribution in [0.25, 0.3) is 90.1 Å². The molecule has 2 amide bonds. The normalized spacial score (nSPS) is 11.2. The van der Waals surface area contributed by atoms with Gasteiger partial charge in [0.15, 0.2) is 5.43 Å². The molecule has 2 aliphatic rings. The number of amides is 2. The van der Waals surface area contributed by atoms with E-state index in [2.05, 4.69) is 81.4 Å². The van der Waals surface area contributed by atoms with Gasteiger partial charge >= 0.3 is 0 Å². The number of hydrogen-bond acceptors (Lipinski definition) is 25. The summed E-state index contributed by atoms with van der Waals surface area (Å²) < 4.78 is 51.0. The maximum atomic E-state index is 13.0. The van der Waals surface area contributed by atoms with Crippen molar-refractivity contribution in [3.63, 3.8) is 0 Å². The van der Waals surface area contributed by atoms with E-state index >= 15 is 0 Å². The van der Waals surface area contributed by atoms with Gasteiger partial charge in [0.25, 0.3) is 0 Å². The molecule has 6 aromatic heterocycles. The Kier molecular flexibility index (Phi) is 24.4. The molecule has 1 aliphatic carbocycles. The first-order valence-electron chi connectivity index (χ1n) is 32.1. The smallest absolute Gasteiger partial charge is 0.241 e. The molecule has 0 spiro atoms. The number of benzene rings is 5. The van der Waals surface area contributed by atoms with Crippen LogP contribution in [0.15, 0.2) is 197 Å². The predicted molar refractivity (Wildman–Crippen MR) is 385 cm³/mol. The Morgan fingerprint density at radius 2 is 1.22 bits per heavy atom. The molecule has 0 bridgehead atoms. The minimum atomic E-state index is -3.70. The Bertz CT molecular complexity index is 5000. The van der Waals surface area contributed by atoms with E-state index in [1.165, 1.54) is 24.4 Å². The molecule has 518 valence electrons. The minimum absolute atomic E-state index is 0.00160. The van der Waals surface area contributed by atoms with E-state index in [0.29, 0.717) is 112 Å². The average Bonchev–Trinajstić information content (AvgIpc) is 0.764. The zero-order valence-corrected chi connectivity index (χ0v) is 56.8. The molecule has 102 heavy (non-hydrogen) atoms. The van der Waals surface area contributed by atoms with Crippen LogP contribution in [0.2, 0.25) is 0 Å². The fourth-order valence-corrected chi connectivity index (χ4v) is 11.8. The van der Waals surface area contributed by atoms with Gasteiger partial charge in [-0.3, -0.25) is 34.1 Å². The van der Waals surface area contributed by atoms with E-state index in [0.717, 1.165) is 38.8 Å². The maximum absolute atomic E-state index is 13.0. The second-order valence-corrected chi connectivity index (χ2v) is 25.1. The van der Waals surface area contributed by atoms with Crippen LogP contribution >= 0.6 is 12.2 Å². The van der Waals surface area contributed by atoms with Crippen molar-refractivity contribution >= 4 is 83.8 Å². The van der Waals surface area contributed by atoms with E-state index in [4.69, 9.17) is 30.8 Å². The molecular weight excluding hydrogens is 1340 g/mol. The second-order valence-electron chi connectivity index (χ2n) is 22.9. The zero-order valence-electron chi connectivity index (χ0n) is 55.2. The molecular formula is C72H67N17O11S2. The first-order chi connectivity index (χ1) is 49.6. The number of anilines is 3. The largest absolute Gasteiger partial charge is 0.508 e. The van der Waals surface area contributed by atoms with Crippen LogP contribution in [0, 0.1) is 0 Å². The molecule has 0 fully saturated rings. The van der Waals surface area contributed by atoms with Crippen molar-refractivity contribution in [2.24, 2.45) is 0 Å². The molecule has 0 saturated carbocycles. The Morgan fingerprint density at radius 3 is 1.87 bits per heavy atom. The summed E-state index contributed by atoms with van der Waals surface area (Å²) in [6, 6.07) is 45.7. The molecule has 1 aliphatic heterocycles. The van der Waals surface area contributed by atoms with Gasteiger partial charge < -0.3 is 44.6 Å². The van der Waals surface area contributed by atoms with Gasteiger partial charge in [-0.1, -0.05) is 66.8 Å². The summed E-state index contributed by atoms with van der Waals surface area (Å²) >= 11 is 5.51. The van der Waals surface area contributed by atoms with Crippen molar-refractivity contribution in [2.75, 3.05) is 75.9 Å². The van der Waals surface area contributed by atoms with Crippen molar-refractivity contribution < 1.29 is 46.5 Å². The van der Waals surface area contributed by atoms with Gasteiger partial charge in [-0.2, -0.15) is 0 Å². The standard InChI is InChI=1S/C37H43N9O7S.C35H24N8O4S/c1-46(2)33-11-5-9-30-29(33)8-6-12-34(30)54(49,50)41-18-7-19-51-20-21-52-22-23-53-26-40-35(48)16-14-28(47)24-27-13-15-32(39-25-27)37-44-42-36(43-45-37)31-10-3-4-17-38-31;44-23-9-11-25-28(17-23)47-29-18-24(45)10-12-26(29)33(25)20-4-7-22(8-5-20)38-32(48)15-14-31(46)39-30-13-6-21(19-37-30)34-40-42-35(43-41-34)27-3-1-2-16-36-27/h3-6,8-13,15,17,25,41H,7,14,16,18-24,26H2,1-2H3,(H,40,48);1-13,16-19,44H,14-15H2,(H,38,48)(H,37,39,46). The number of phenolic OH excluding ortho intramolecular Hbond substituents is 1. The summed E-state index contributed by atoms with van der Waals surface area (Å²) in [6.07, 6.45) is 7.60. The quantitative estimate of drug-likeness (QED) is 0.0121. The Balaban J connectivity index is 0.000000206. The molecule has 0 atom stereocenters. The third kappa shape index (κ3) is 19.6. The number of phenols is 1. The molecule has 7 heterocycles. The number of aromatic hydroxyl groups is 1. The molecule has 28 nitrogen and oxygen atoms in total. The van der Waals surface area contributed by atoms with Crippen LogP contribution in [-0.2, 0) is 45.0 Å². The van der Waals surface area contributed by atoms with E-state index < -0.39 is 10.0 Å². The van der Waals surface area contributed by atoms with Crippen LogP contribution in [0.5, 0.6) is 5.75 Å². The number of rotatable bonds is 30. The van der Waals surface area contributed by atoms with E-state index in [9.17, 15) is 32.7 Å². The molecule has 10 aromatic rings. The maximum Gasteiger partial charge on any atom is 0.241 e. The number of pyridine rings is 4. The number of ketones is 1. The van der Waals surface area contributed by atoms with Crippen molar-refractivity contribution in [3.05, 3.63) is 198 Å². The van der Waals surface area contributed by atoms with Crippen LogP contribution in [-0.4, -0.2) is 157 Å². The molecule has 0 unspecified atom stereocenters. The van der Waals surface area contributed by atoms with Gasteiger partial charge in [0, 0.05) is 140 Å². The van der Waals surface area contributed by atoms with Gasteiger partial charge in [0.05, 0.1) is 36.3 Å². The minimum Gasteiger partial charge on any atom is -0.508 e. The predicted octanol–water partition coefficient (Wildman–Crippen LogP) is 9.13. The number of aromatic nitrogens is 12. The van der Waals surface area contributed by atoms with Gasteiger partial charge in [-0.05, 0) is 109 Å². The Hall–Kier alpha value is -11.8. The molecule has 0 radical (unpaired) electrons. The number of carbonyl (C=O) groups excluding carboxylic acids is 3. The van der Waals surface area contributed by atoms with Crippen molar-refractivity contribution in [3.8, 4) is 74.1 Å². The monoisotopic (exact) mass is 1410 g/mol. The van der Waals surface area contributed by atoms with Crippen LogP contribution < -0.4 is 31.0 Å². The number of nitrogens with one attached hydrogen (secondary N) is 4. The van der Waals surface area contributed by atoms with Gasteiger partial charge in [0.2, 0.25) is 45.1 Å². The summed E-state index contributed by atoms with van der Waals surface area (Å²) in [5, 5.41) is 53.6. The second kappa shape index (κ2) is 34.8. The SMILES string of the molecule is CN(C)c1cccc2c(S(=O)(=O)NCCCOCCOCCOCNC(=O)CCC(=O)Cc3ccc(-c4nnc(-c5ccccn5)nn4)nc3)cccc12.O=C(CCC(=S)Nc1ccc(-c2c3ccc(=O)cc-3oc3cc(O)ccc23)cc1)Nc1ccc(-c2nnc(-c3ccccn3)nn2)cn1. The highest BCUT2D eigenvalue weighted by atomic mass is 32.2. The molecule has 12 rings (SSSR count). The first kappa shape index (κ1) is 71.5. The Labute approximate surface area is 589 Å². The summed E-state index contributed by atoms with van der Waals surface area (Å²) in [4.78, 5) is 68.9. The van der Waals surface area contributed by atoms with Gasteiger partial charge in [-0.25, -0.2) is 18.1 Å². The van der Waals surface area contributed by atoms with Gasteiger partial charge in [-0.15, -0.1) is 40.8 Å². The zero-order chi connectivity index (χ0) is 71.2. The van der Waals surface area contributed by atoms with Crippen molar-refractivity contribution in [2.45, 2.75) is 43.4 Å². The summed E-state index contributed by atoms with van der Waals surface area (Å²) in [7, 11) is 0.151. The molecule has 30 heteroatoms. The number of Topliss-reactive ketones (excluding diaryl/α,β-unsaturated/α-hetero) is 1. The number of nitrogens with zero attached hydrogens (tertiary/aromatic N) is 13. The summed E-state index contributed by atoms with van der Waals surface area (Å²) in [5.41, 5.74) is 7.42. The lowest BCUT2D eigenvalue weighted by atomic mass is 9.93. The van der Waals surface area contributed by atoms with Crippen LogP contribution in [0.1, 0.15) is 37.7 Å². The summed E-state index contributed by atoms with van der Waals surface area (Å²) in [6.45, 7) is 1.86. The lowest BCUT2D eigenvalue weighted by molar-refractivity contribution is -0.126. The third-order valence-electron chi connectivity index (χ3n) is 15.3. The lowest BCUT2D eigenvalue weighted by Crippen LogP contribution is -2.27. The van der Waals surface area contributed by atoms with Gasteiger partial charge in [0.1, 0.15) is 52.5 Å². The fourth-order valence-electron chi connectivity index (χ4n) is 10.3. The van der Waals surface area contributed by atoms with Crippen LogP contribution in [0.3, 0.4) is 0 Å². The topological polar surface area (TPSA) is 370 Å². The third-order valence-corrected chi connectivity index (χ3v) is 17.2. The molecule has 0 saturated heterocycles. The highest BCUT2D eigenvalue weighted by Gasteiger charge is 2.21. The summed E-state index contributed by atoms with van der Waals surface area (Å²) in [5.74, 6) is 1.39. The number of fused-ring (bicyclic) bond motifs is 3. The number of sulfonamides is 1. The van der Waals surface area contributed by atoms with Crippen molar-refractivity contribution in [1.82, 2.24) is 70.8 Å². The van der Waals surface area contributed by atoms with Crippen molar-refractivity contribution in [1.29, 1.82) is 0 Å². The Morgan fingerprint density at radius 1 is 0.569 bits per heavy atom. The number of carbonyl (C=O) groups is 3. The average molecular weight is 1410 g/mol. The van der Waals surface area contributed by atoms with Crippen LogP contribution in [0.4, 0.5) is 17.2 Å². The van der Waals surface area contributed by atoms with E-state index in [-0.39, 0.29) is 85.1 Å². The van der Waals surface area contributed by atoms with E-state index in [1.807, 2.05) is 79.7 Å². The first-order valence-corrected chi connectivity index (χ1v) is 34.0. The number of ether oxygens (including phenoxy) is 3. The highest BCUT2D eigenvalue weighted by Crippen LogP contribution is 2.41. The fraction of sp³-hybridized carbons (Fsp3) is 0.208. The highest BCUT2D eigenvalue weighted by molar-refractivity contribution is 7.89. The molecule has 5 N–H and O–H groups in total. The number of hydrogen-bond donors (Lipinski definition) is 5. The van der Waals surface area contributed by atoms with E-state index in [1.54, 1.807) is 97.5 Å². The lowest BCUT2D eigenvalue weighted by Gasteiger charge is -2.17. The number of thiocarbonyl (C=S) groups is 1.